The molecule has 1 aromatic heterocycles. The molecular formula is C18H20ClN3O3. The molecule has 0 bridgehead atoms. The summed E-state index contributed by atoms with van der Waals surface area (Å²) in [5, 5.41) is 0.645. The number of nitrogens with zero attached hydrogens (tertiary/aromatic N) is 2. The second-order valence-corrected chi connectivity index (χ2v) is 7.18. The summed E-state index contributed by atoms with van der Waals surface area (Å²) in [5.41, 5.74) is 6.90. The summed E-state index contributed by atoms with van der Waals surface area (Å²) in [4.78, 5) is 18.3. The summed E-state index contributed by atoms with van der Waals surface area (Å²) in [6.07, 6.45) is 2.62. The van der Waals surface area contributed by atoms with E-state index in [2.05, 4.69) is 9.88 Å². The minimum absolute atomic E-state index is 0.458. The summed E-state index contributed by atoms with van der Waals surface area (Å²) in [6.45, 7) is 4.22. The number of ether oxygens (including phenoxy) is 1. The Morgan fingerprint density at radius 1 is 1.44 bits per heavy atom. The molecule has 1 atom stereocenters. The van der Waals surface area contributed by atoms with Crippen LogP contribution in [0, 0.1) is 6.92 Å². The van der Waals surface area contributed by atoms with E-state index in [0.717, 1.165) is 49.4 Å². The van der Waals surface area contributed by atoms with E-state index in [4.69, 9.17) is 26.5 Å². The number of nitrogens with two attached hydrogens (primary N) is 1. The van der Waals surface area contributed by atoms with E-state index in [1.54, 1.807) is 12.3 Å². The van der Waals surface area contributed by atoms with E-state index in [9.17, 15) is 4.79 Å². The van der Waals surface area contributed by atoms with Gasteiger partial charge in [0.05, 0.1) is 18.3 Å². The van der Waals surface area contributed by atoms with Gasteiger partial charge in [0.1, 0.15) is 5.76 Å². The van der Waals surface area contributed by atoms with Crippen LogP contribution >= 0.6 is 11.6 Å². The molecule has 1 aromatic carbocycles. The van der Waals surface area contributed by atoms with Gasteiger partial charge in [-0.15, -0.1) is 0 Å². The molecule has 0 aliphatic carbocycles. The molecule has 1 unspecified atom stereocenters. The summed E-state index contributed by atoms with van der Waals surface area (Å²) in [6, 6.07) is 5.54. The molecule has 4 rings (SSSR count). The van der Waals surface area contributed by atoms with E-state index in [1.807, 2.05) is 19.1 Å². The van der Waals surface area contributed by atoms with E-state index in [1.165, 1.54) is 0 Å². The fraction of sp³-hybridized carbons (Fsp3) is 0.444. The summed E-state index contributed by atoms with van der Waals surface area (Å²) in [7, 11) is 0. The van der Waals surface area contributed by atoms with Crippen molar-refractivity contribution in [3.05, 3.63) is 52.2 Å². The lowest BCUT2D eigenvalue weighted by Gasteiger charge is -2.39. The van der Waals surface area contributed by atoms with Crippen LogP contribution in [-0.4, -0.2) is 28.9 Å². The van der Waals surface area contributed by atoms with Crippen molar-refractivity contribution in [2.45, 2.75) is 38.0 Å². The normalized spacial score (nSPS) is 22.2. The third-order valence-corrected chi connectivity index (χ3v) is 5.34. The molecule has 6 nitrogen and oxygen atoms in total. The predicted octanol–water partition coefficient (Wildman–Crippen LogP) is 2.68. The number of oxazole rings is 1. The highest BCUT2D eigenvalue weighted by atomic mass is 35.5. The molecule has 132 valence electrons. The molecule has 1 amide bonds. The standard InChI is InChI=1S/C18H20ClN3O3/c1-11-21-9-13(24-11)10-22-6-4-18(5-7-22)15-8-12(19)2-3-14(15)16(25-18)17(20)23/h2-3,8-9,16H,4-7,10H2,1H3,(H2,20,23). The highest BCUT2D eigenvalue weighted by Gasteiger charge is 2.48. The lowest BCUT2D eigenvalue weighted by atomic mass is 9.83. The number of benzene rings is 1. The molecule has 3 heterocycles. The Morgan fingerprint density at radius 2 is 2.20 bits per heavy atom. The molecule has 2 aliphatic rings. The molecule has 2 aromatic rings. The lowest BCUT2D eigenvalue weighted by Crippen LogP contribution is -2.42. The summed E-state index contributed by atoms with van der Waals surface area (Å²) >= 11 is 6.19. The van der Waals surface area contributed by atoms with Crippen molar-refractivity contribution in [2.75, 3.05) is 13.1 Å². The molecule has 7 heteroatoms. The van der Waals surface area contributed by atoms with Crippen LogP contribution in [0.4, 0.5) is 0 Å². The van der Waals surface area contributed by atoms with Crippen molar-refractivity contribution in [1.82, 2.24) is 9.88 Å². The zero-order valence-corrected chi connectivity index (χ0v) is 14.8. The third-order valence-electron chi connectivity index (χ3n) is 5.10. The van der Waals surface area contributed by atoms with Gasteiger partial charge >= 0.3 is 0 Å². The maximum atomic E-state index is 11.8. The average Bonchev–Trinajstić information content (AvgIpc) is 3.12. The number of hydrogen-bond acceptors (Lipinski definition) is 5. The van der Waals surface area contributed by atoms with Crippen molar-refractivity contribution >= 4 is 17.5 Å². The molecule has 1 fully saturated rings. The number of likely N-dealkylation sites (tertiary alicyclic amines) is 1. The Balaban J connectivity index is 1.54. The lowest BCUT2D eigenvalue weighted by molar-refractivity contribution is -0.148. The van der Waals surface area contributed by atoms with Crippen LogP contribution < -0.4 is 5.73 Å². The number of fused-ring (bicyclic) bond motifs is 2. The number of carbonyl (C=O) groups excluding carboxylic acids is 1. The number of aromatic nitrogens is 1. The number of amides is 1. The Hall–Kier alpha value is -1.89. The highest BCUT2D eigenvalue weighted by molar-refractivity contribution is 6.30. The molecule has 2 N–H and O–H groups in total. The molecule has 0 saturated carbocycles. The maximum Gasteiger partial charge on any atom is 0.251 e. The molecule has 25 heavy (non-hydrogen) atoms. The quantitative estimate of drug-likeness (QED) is 0.908. The van der Waals surface area contributed by atoms with Gasteiger partial charge in [-0.25, -0.2) is 4.98 Å². The van der Waals surface area contributed by atoms with Gasteiger partial charge < -0.3 is 14.9 Å². The fourth-order valence-corrected chi connectivity index (χ4v) is 4.05. The van der Waals surface area contributed by atoms with Gasteiger partial charge in [0.25, 0.3) is 5.91 Å². The summed E-state index contributed by atoms with van der Waals surface area (Å²) < 4.78 is 11.7. The van der Waals surface area contributed by atoms with E-state index in [-0.39, 0.29) is 0 Å². The van der Waals surface area contributed by atoms with Crippen LogP contribution in [-0.2, 0) is 21.7 Å². The fourth-order valence-electron chi connectivity index (χ4n) is 3.87. The SMILES string of the molecule is Cc1ncc(CN2CCC3(CC2)OC(C(N)=O)c2ccc(Cl)cc23)o1. The Bertz CT molecular complexity index is 812. The van der Waals surface area contributed by atoms with Crippen LogP contribution in [0.25, 0.3) is 0 Å². The van der Waals surface area contributed by atoms with Crippen LogP contribution in [0.15, 0.2) is 28.8 Å². The zero-order chi connectivity index (χ0) is 17.6. The van der Waals surface area contributed by atoms with Crippen molar-refractivity contribution < 1.29 is 13.9 Å². The molecule has 0 radical (unpaired) electrons. The Kier molecular flexibility index (Phi) is 4.06. The first-order valence-corrected chi connectivity index (χ1v) is 8.75. The molecule has 1 spiro atoms. The van der Waals surface area contributed by atoms with E-state index in [0.29, 0.717) is 10.9 Å². The predicted molar refractivity (Wildman–Crippen MR) is 91.9 cm³/mol. The zero-order valence-electron chi connectivity index (χ0n) is 14.0. The first-order valence-electron chi connectivity index (χ1n) is 8.38. The molecular weight excluding hydrogens is 342 g/mol. The smallest absolute Gasteiger partial charge is 0.251 e. The number of piperidine rings is 1. The van der Waals surface area contributed by atoms with Crippen molar-refractivity contribution in [3.63, 3.8) is 0 Å². The second kappa shape index (κ2) is 6.12. The van der Waals surface area contributed by atoms with Gasteiger partial charge in [0, 0.05) is 25.0 Å². The molecule has 2 aliphatic heterocycles. The number of carbonyl (C=O) groups is 1. The third kappa shape index (κ3) is 2.94. The van der Waals surface area contributed by atoms with Gasteiger partial charge in [-0.2, -0.15) is 0 Å². The monoisotopic (exact) mass is 361 g/mol. The number of primary amides is 1. The topological polar surface area (TPSA) is 81.6 Å². The van der Waals surface area contributed by atoms with Crippen LogP contribution in [0.3, 0.4) is 0 Å². The van der Waals surface area contributed by atoms with Gasteiger partial charge in [-0.1, -0.05) is 17.7 Å². The van der Waals surface area contributed by atoms with E-state index >= 15 is 0 Å². The first kappa shape index (κ1) is 16.6. The van der Waals surface area contributed by atoms with Crippen molar-refractivity contribution in [2.24, 2.45) is 5.73 Å². The number of rotatable bonds is 3. The summed E-state index contributed by atoms with van der Waals surface area (Å²) in [5.74, 6) is 1.08. The van der Waals surface area contributed by atoms with Gasteiger partial charge in [-0.05, 0) is 36.1 Å². The largest absolute Gasteiger partial charge is 0.445 e. The molecule has 1 saturated heterocycles. The van der Waals surface area contributed by atoms with Crippen LogP contribution in [0.1, 0.15) is 41.7 Å². The second-order valence-electron chi connectivity index (χ2n) is 6.75. The van der Waals surface area contributed by atoms with Crippen LogP contribution in [0.2, 0.25) is 5.02 Å². The minimum Gasteiger partial charge on any atom is -0.445 e. The Labute approximate surface area is 150 Å². The van der Waals surface area contributed by atoms with Crippen molar-refractivity contribution in [1.29, 1.82) is 0 Å². The number of hydrogen-bond donors (Lipinski definition) is 1. The van der Waals surface area contributed by atoms with Gasteiger partial charge in [-0.3, -0.25) is 9.69 Å². The maximum absolute atomic E-state index is 11.8. The number of aryl methyl sites for hydroxylation is 1. The average molecular weight is 362 g/mol. The highest BCUT2D eigenvalue weighted by Crippen LogP contribution is 2.50. The van der Waals surface area contributed by atoms with E-state index < -0.39 is 17.6 Å². The van der Waals surface area contributed by atoms with Gasteiger partial charge in [0.2, 0.25) is 0 Å². The minimum atomic E-state index is -0.698. The van der Waals surface area contributed by atoms with Crippen LogP contribution in [0.5, 0.6) is 0 Å². The van der Waals surface area contributed by atoms with Gasteiger partial charge in [0.15, 0.2) is 12.0 Å². The number of halogens is 1. The van der Waals surface area contributed by atoms with Crippen molar-refractivity contribution in [3.8, 4) is 0 Å². The Morgan fingerprint density at radius 3 is 2.84 bits per heavy atom. The first-order chi connectivity index (χ1) is 12.0.